The first-order valence-corrected chi connectivity index (χ1v) is 8.68. The number of carbonyl (C=O) groups is 1. The molecule has 0 spiro atoms. The monoisotopic (exact) mass is 310 g/mol. The van der Waals surface area contributed by atoms with E-state index >= 15 is 0 Å². The van der Waals surface area contributed by atoms with Crippen LogP contribution >= 0.6 is 11.8 Å². The topological polar surface area (TPSA) is 80.9 Å². The summed E-state index contributed by atoms with van der Waals surface area (Å²) in [5.74, 6) is 1.26. The van der Waals surface area contributed by atoms with Crippen LogP contribution in [0.5, 0.6) is 0 Å². The molecule has 0 amide bonds. The van der Waals surface area contributed by atoms with Crippen LogP contribution in [-0.2, 0) is 16.1 Å². The van der Waals surface area contributed by atoms with Crippen molar-refractivity contribution in [3.05, 3.63) is 5.82 Å². The molecule has 1 atom stereocenters. The summed E-state index contributed by atoms with van der Waals surface area (Å²) in [4.78, 5) is 11.8. The minimum Gasteiger partial charge on any atom is -0.481 e. The van der Waals surface area contributed by atoms with Crippen molar-refractivity contribution in [3.63, 3.8) is 0 Å². The van der Waals surface area contributed by atoms with Crippen LogP contribution in [0.15, 0.2) is 0 Å². The molecule has 1 unspecified atom stereocenters. The van der Waals surface area contributed by atoms with E-state index in [1.54, 1.807) is 4.68 Å². The summed E-state index contributed by atoms with van der Waals surface area (Å²) in [6.07, 6.45) is 6.77. The highest BCUT2D eigenvalue weighted by molar-refractivity contribution is 8.00. The molecule has 21 heavy (non-hydrogen) atoms. The van der Waals surface area contributed by atoms with E-state index in [2.05, 4.69) is 22.4 Å². The van der Waals surface area contributed by atoms with Crippen LogP contribution in [0.4, 0.5) is 0 Å². The normalized spacial score (nSPS) is 28.6. The van der Waals surface area contributed by atoms with E-state index < -0.39 is 11.4 Å². The predicted octanol–water partition coefficient (Wildman–Crippen LogP) is 2.45. The van der Waals surface area contributed by atoms with E-state index in [1.165, 1.54) is 0 Å². The minimum atomic E-state index is -0.701. The first kappa shape index (κ1) is 14.8. The van der Waals surface area contributed by atoms with Gasteiger partial charge in [0.15, 0.2) is 5.82 Å². The van der Waals surface area contributed by atoms with Crippen LogP contribution in [0.3, 0.4) is 0 Å². The van der Waals surface area contributed by atoms with Gasteiger partial charge in [0.25, 0.3) is 0 Å². The lowest BCUT2D eigenvalue weighted by atomic mass is 9.74. The van der Waals surface area contributed by atoms with Gasteiger partial charge in [-0.05, 0) is 48.8 Å². The Bertz CT molecular complexity index is 519. The molecule has 0 aromatic carbocycles. The lowest BCUT2D eigenvalue weighted by Gasteiger charge is -2.33. The van der Waals surface area contributed by atoms with Gasteiger partial charge in [0, 0.05) is 0 Å². The molecule has 2 heterocycles. The van der Waals surface area contributed by atoms with E-state index in [0.29, 0.717) is 6.54 Å². The second-order valence-electron chi connectivity index (χ2n) is 6.49. The molecule has 0 radical (unpaired) electrons. The Kier molecular flexibility index (Phi) is 3.94. The number of aliphatic carboxylic acids is 1. The van der Waals surface area contributed by atoms with E-state index in [9.17, 15) is 9.90 Å². The van der Waals surface area contributed by atoms with Crippen molar-refractivity contribution in [2.75, 3.05) is 5.75 Å². The zero-order valence-electron chi connectivity index (χ0n) is 12.4. The van der Waals surface area contributed by atoms with Crippen molar-refractivity contribution in [2.24, 2.45) is 5.41 Å². The molecule has 1 aromatic rings. The highest BCUT2D eigenvalue weighted by Gasteiger charge is 2.43. The molecule has 116 valence electrons. The van der Waals surface area contributed by atoms with Crippen molar-refractivity contribution in [1.29, 1.82) is 0 Å². The molecule has 3 rings (SSSR count). The lowest BCUT2D eigenvalue weighted by molar-refractivity contribution is -0.152. The molecule has 0 bridgehead atoms. The number of hydrogen-bond acceptors (Lipinski definition) is 5. The SMILES string of the molecule is CC1(c2nnnn2CC2(C(=O)O)CCCCC2)CCCS1. The molecule has 1 N–H and O–H groups in total. The Hall–Kier alpha value is -1.11. The standard InChI is InChI=1S/C14H22N4O2S/c1-13(6-5-9-21-13)11-15-16-17-18(11)10-14(12(19)20)7-3-2-4-8-14/h2-10H2,1H3,(H,19,20). The van der Waals surface area contributed by atoms with Gasteiger partial charge in [-0.3, -0.25) is 4.79 Å². The molecule has 1 aliphatic carbocycles. The number of nitrogens with zero attached hydrogens (tertiary/aromatic N) is 4. The van der Waals surface area contributed by atoms with Crippen molar-refractivity contribution in [2.45, 2.75) is 63.2 Å². The molecular formula is C14H22N4O2S. The third-order valence-electron chi connectivity index (χ3n) is 4.94. The maximum Gasteiger partial charge on any atom is 0.311 e. The van der Waals surface area contributed by atoms with Gasteiger partial charge in [0.05, 0.1) is 16.7 Å². The number of carboxylic acid groups (broad SMARTS) is 1. The first-order chi connectivity index (χ1) is 10.1. The van der Waals surface area contributed by atoms with Gasteiger partial charge >= 0.3 is 5.97 Å². The highest BCUT2D eigenvalue weighted by atomic mass is 32.2. The minimum absolute atomic E-state index is 0.0716. The number of aromatic nitrogens is 4. The summed E-state index contributed by atoms with van der Waals surface area (Å²) in [5, 5.41) is 21.9. The third kappa shape index (κ3) is 2.67. The largest absolute Gasteiger partial charge is 0.481 e. The molecule has 2 aliphatic rings. The van der Waals surface area contributed by atoms with Crippen molar-refractivity contribution in [1.82, 2.24) is 20.2 Å². The second kappa shape index (κ2) is 5.59. The Labute approximate surface area is 128 Å². The molecule has 1 saturated carbocycles. The van der Waals surface area contributed by atoms with Gasteiger partial charge in [-0.15, -0.1) is 16.9 Å². The molecule has 1 saturated heterocycles. The maximum atomic E-state index is 11.8. The number of carboxylic acids is 1. The molecule has 2 fully saturated rings. The van der Waals surface area contributed by atoms with Crippen molar-refractivity contribution >= 4 is 17.7 Å². The Balaban J connectivity index is 1.87. The van der Waals surface area contributed by atoms with Gasteiger partial charge in [0.2, 0.25) is 0 Å². The lowest BCUT2D eigenvalue weighted by Crippen LogP contribution is -2.39. The van der Waals surface area contributed by atoms with E-state index in [-0.39, 0.29) is 4.75 Å². The molecule has 6 nitrogen and oxygen atoms in total. The second-order valence-corrected chi connectivity index (χ2v) is 8.09. The smallest absolute Gasteiger partial charge is 0.311 e. The number of thioether (sulfide) groups is 1. The average molecular weight is 310 g/mol. The van der Waals surface area contributed by atoms with Crippen LogP contribution in [0.1, 0.15) is 57.7 Å². The van der Waals surface area contributed by atoms with Crippen molar-refractivity contribution < 1.29 is 9.90 Å². The summed E-state index contributed by atoms with van der Waals surface area (Å²) in [6, 6.07) is 0. The Morgan fingerprint density at radius 2 is 2.05 bits per heavy atom. The summed E-state index contributed by atoms with van der Waals surface area (Å²) in [6.45, 7) is 2.57. The Morgan fingerprint density at radius 1 is 1.29 bits per heavy atom. The number of hydrogen-bond donors (Lipinski definition) is 1. The van der Waals surface area contributed by atoms with Crippen molar-refractivity contribution in [3.8, 4) is 0 Å². The Morgan fingerprint density at radius 3 is 2.67 bits per heavy atom. The fraction of sp³-hybridized carbons (Fsp3) is 0.857. The summed E-state index contributed by atoms with van der Waals surface area (Å²) >= 11 is 1.88. The molecular weight excluding hydrogens is 288 g/mol. The predicted molar refractivity (Wildman–Crippen MR) is 80.0 cm³/mol. The van der Waals surface area contributed by atoms with Crippen LogP contribution in [0.2, 0.25) is 0 Å². The average Bonchev–Trinajstić information content (AvgIpc) is 3.09. The molecule has 7 heteroatoms. The van der Waals surface area contributed by atoms with Gasteiger partial charge in [-0.2, -0.15) is 0 Å². The third-order valence-corrected chi connectivity index (χ3v) is 6.46. The van der Waals surface area contributed by atoms with E-state index in [4.69, 9.17) is 0 Å². The highest BCUT2D eigenvalue weighted by Crippen LogP contribution is 2.46. The maximum absolute atomic E-state index is 11.8. The van der Waals surface area contributed by atoms with E-state index in [0.717, 1.165) is 56.5 Å². The van der Waals surface area contributed by atoms with Gasteiger partial charge in [-0.25, -0.2) is 4.68 Å². The van der Waals surface area contributed by atoms with Gasteiger partial charge in [0.1, 0.15) is 0 Å². The van der Waals surface area contributed by atoms with Crippen LogP contribution < -0.4 is 0 Å². The number of tetrazole rings is 1. The fourth-order valence-electron chi connectivity index (χ4n) is 3.60. The first-order valence-electron chi connectivity index (χ1n) is 7.70. The van der Waals surface area contributed by atoms with Crippen LogP contribution in [0.25, 0.3) is 0 Å². The fourth-order valence-corrected chi connectivity index (χ4v) is 4.90. The quantitative estimate of drug-likeness (QED) is 0.920. The molecule has 1 aromatic heterocycles. The number of rotatable bonds is 4. The summed E-state index contributed by atoms with van der Waals surface area (Å²) < 4.78 is 1.69. The van der Waals surface area contributed by atoms with Gasteiger partial charge < -0.3 is 5.11 Å². The van der Waals surface area contributed by atoms with E-state index in [1.807, 2.05) is 11.8 Å². The zero-order valence-corrected chi connectivity index (χ0v) is 13.2. The van der Waals surface area contributed by atoms with Gasteiger partial charge in [-0.1, -0.05) is 19.3 Å². The van der Waals surface area contributed by atoms with Crippen LogP contribution in [0, 0.1) is 5.41 Å². The van der Waals surface area contributed by atoms with Crippen LogP contribution in [-0.4, -0.2) is 37.0 Å². The summed E-state index contributed by atoms with van der Waals surface area (Å²) in [5.41, 5.74) is -0.692. The molecule has 1 aliphatic heterocycles. The zero-order chi connectivity index (χ0) is 14.9. The summed E-state index contributed by atoms with van der Waals surface area (Å²) in [7, 11) is 0.